The summed E-state index contributed by atoms with van der Waals surface area (Å²) in [7, 11) is 0. The van der Waals surface area contributed by atoms with Crippen LogP contribution in [0.25, 0.3) is 0 Å². The topological polar surface area (TPSA) is 79.8 Å². The van der Waals surface area contributed by atoms with E-state index in [-0.39, 0.29) is 29.6 Å². The smallest absolute Gasteiger partial charge is 0.240 e. The molecule has 3 rings (SSSR count). The van der Waals surface area contributed by atoms with Crippen molar-refractivity contribution in [2.45, 2.75) is 49.5 Å². The molecule has 1 aliphatic carbocycles. The molecule has 0 aromatic rings. The van der Waals surface area contributed by atoms with Gasteiger partial charge in [0.15, 0.2) is 5.17 Å². The van der Waals surface area contributed by atoms with Gasteiger partial charge in [-0.05, 0) is 25.7 Å². The lowest BCUT2D eigenvalue weighted by molar-refractivity contribution is -0.125. The van der Waals surface area contributed by atoms with E-state index in [0.717, 1.165) is 32.3 Å². The Morgan fingerprint density at radius 2 is 2.30 bits per heavy atom. The van der Waals surface area contributed by atoms with Crippen molar-refractivity contribution >= 4 is 28.7 Å². The number of amidine groups is 1. The van der Waals surface area contributed by atoms with E-state index in [9.17, 15) is 9.59 Å². The third-order valence-corrected chi connectivity index (χ3v) is 4.67. The van der Waals surface area contributed by atoms with Crippen LogP contribution in [-0.4, -0.2) is 47.5 Å². The van der Waals surface area contributed by atoms with Crippen LogP contribution in [0.15, 0.2) is 4.99 Å². The number of carbonyl (C=O) groups is 2. The minimum absolute atomic E-state index is 0.0412. The van der Waals surface area contributed by atoms with Gasteiger partial charge in [-0.2, -0.15) is 0 Å². The maximum absolute atomic E-state index is 11.8. The molecule has 20 heavy (non-hydrogen) atoms. The lowest BCUT2D eigenvalue weighted by Gasteiger charge is -2.06. The Morgan fingerprint density at radius 1 is 1.45 bits per heavy atom. The van der Waals surface area contributed by atoms with Crippen molar-refractivity contribution < 1.29 is 14.3 Å². The molecule has 0 spiro atoms. The molecule has 110 valence electrons. The van der Waals surface area contributed by atoms with Crippen LogP contribution >= 0.6 is 11.8 Å². The molecule has 0 bridgehead atoms. The number of nitrogens with zero attached hydrogens (tertiary/aromatic N) is 1. The predicted octanol–water partition coefficient (Wildman–Crippen LogP) is 0.422. The average molecular weight is 297 g/mol. The number of carbonyl (C=O) groups excluding carboxylic acids is 2. The molecule has 2 atom stereocenters. The molecule has 0 radical (unpaired) electrons. The highest BCUT2D eigenvalue weighted by Crippen LogP contribution is 2.24. The van der Waals surface area contributed by atoms with Gasteiger partial charge in [-0.15, -0.1) is 0 Å². The Labute approximate surface area is 122 Å². The molecular weight excluding hydrogens is 278 g/mol. The second-order valence-electron chi connectivity index (χ2n) is 5.42. The Balaban J connectivity index is 1.46. The first-order valence-electron chi connectivity index (χ1n) is 7.13. The second-order valence-corrected chi connectivity index (χ2v) is 6.61. The summed E-state index contributed by atoms with van der Waals surface area (Å²) in [5, 5.41) is 5.91. The molecule has 0 aromatic heterocycles. The fourth-order valence-electron chi connectivity index (χ4n) is 2.27. The molecule has 7 heteroatoms. The quantitative estimate of drug-likeness (QED) is 0.771. The first-order valence-corrected chi connectivity index (χ1v) is 8.01. The Morgan fingerprint density at radius 3 is 3.00 bits per heavy atom. The third kappa shape index (κ3) is 3.73. The summed E-state index contributed by atoms with van der Waals surface area (Å²) in [5.41, 5.74) is 0. The van der Waals surface area contributed by atoms with Gasteiger partial charge in [0.2, 0.25) is 11.8 Å². The summed E-state index contributed by atoms with van der Waals surface area (Å²) < 4.78 is 5.49. The van der Waals surface area contributed by atoms with E-state index in [2.05, 4.69) is 15.6 Å². The van der Waals surface area contributed by atoms with E-state index in [1.807, 2.05) is 0 Å². The number of nitrogens with one attached hydrogen (secondary N) is 2. The highest BCUT2D eigenvalue weighted by atomic mass is 32.2. The van der Waals surface area contributed by atoms with E-state index >= 15 is 0 Å². The maximum atomic E-state index is 11.8. The van der Waals surface area contributed by atoms with E-state index in [0.29, 0.717) is 17.8 Å². The van der Waals surface area contributed by atoms with Crippen LogP contribution in [0.3, 0.4) is 0 Å². The van der Waals surface area contributed by atoms with Gasteiger partial charge in [-0.25, -0.2) is 0 Å². The Hall–Kier alpha value is -1.08. The predicted molar refractivity (Wildman–Crippen MR) is 76.6 cm³/mol. The molecule has 2 aliphatic heterocycles. The summed E-state index contributed by atoms with van der Waals surface area (Å²) in [6, 6.07) is 0.338. The molecule has 2 N–H and O–H groups in total. The van der Waals surface area contributed by atoms with Gasteiger partial charge in [0.25, 0.3) is 0 Å². The normalized spacial score (nSPS) is 31.6. The molecule has 2 heterocycles. The lowest BCUT2D eigenvalue weighted by Crippen LogP contribution is -2.32. The highest BCUT2D eigenvalue weighted by Gasteiger charge is 2.33. The molecule has 3 aliphatic rings. The van der Waals surface area contributed by atoms with Gasteiger partial charge in [0.1, 0.15) is 5.25 Å². The van der Waals surface area contributed by atoms with Crippen LogP contribution < -0.4 is 10.6 Å². The van der Waals surface area contributed by atoms with Crippen molar-refractivity contribution in [1.29, 1.82) is 0 Å². The van der Waals surface area contributed by atoms with Gasteiger partial charge in [-0.1, -0.05) is 11.8 Å². The van der Waals surface area contributed by atoms with Crippen LogP contribution in [-0.2, 0) is 14.3 Å². The van der Waals surface area contributed by atoms with Crippen molar-refractivity contribution in [3.05, 3.63) is 0 Å². The summed E-state index contributed by atoms with van der Waals surface area (Å²) in [6.45, 7) is 1.39. The van der Waals surface area contributed by atoms with Crippen LogP contribution in [0.4, 0.5) is 0 Å². The van der Waals surface area contributed by atoms with Crippen molar-refractivity contribution in [3.63, 3.8) is 0 Å². The monoisotopic (exact) mass is 297 g/mol. The zero-order valence-electron chi connectivity index (χ0n) is 11.3. The average Bonchev–Trinajstić information content (AvgIpc) is 2.94. The van der Waals surface area contributed by atoms with Gasteiger partial charge >= 0.3 is 0 Å². The lowest BCUT2D eigenvalue weighted by atomic mass is 10.2. The van der Waals surface area contributed by atoms with Crippen molar-refractivity contribution in [2.75, 3.05) is 13.2 Å². The summed E-state index contributed by atoms with van der Waals surface area (Å²) >= 11 is 1.35. The zero-order valence-corrected chi connectivity index (χ0v) is 12.1. The van der Waals surface area contributed by atoms with Crippen LogP contribution in [0.5, 0.6) is 0 Å². The Kier molecular flexibility index (Phi) is 4.26. The molecule has 0 aromatic carbocycles. The number of hydrogen-bond donors (Lipinski definition) is 2. The van der Waals surface area contributed by atoms with Crippen LogP contribution in [0.2, 0.25) is 0 Å². The second kappa shape index (κ2) is 6.13. The SMILES string of the molecule is O=C(C[C@@H]1SC(=NC[C@H]2CCCO2)NC1=O)NC1CC1. The fraction of sp³-hybridized carbons (Fsp3) is 0.769. The van der Waals surface area contributed by atoms with Crippen molar-refractivity contribution in [2.24, 2.45) is 4.99 Å². The van der Waals surface area contributed by atoms with E-state index < -0.39 is 0 Å². The van der Waals surface area contributed by atoms with Crippen molar-refractivity contribution in [3.8, 4) is 0 Å². The Bertz CT molecular complexity index is 431. The molecular formula is C13H19N3O3S. The first-order chi connectivity index (χ1) is 9.70. The van der Waals surface area contributed by atoms with Gasteiger partial charge in [0, 0.05) is 19.1 Å². The first kappa shape index (κ1) is 13.9. The highest BCUT2D eigenvalue weighted by molar-refractivity contribution is 8.15. The molecule has 3 fully saturated rings. The number of aliphatic imine (C=N–C) groups is 1. The number of thioether (sulfide) groups is 1. The summed E-state index contributed by atoms with van der Waals surface area (Å²) in [4.78, 5) is 27.9. The van der Waals surface area contributed by atoms with Crippen LogP contribution in [0.1, 0.15) is 32.1 Å². The third-order valence-electron chi connectivity index (χ3n) is 3.55. The molecule has 0 unspecified atom stereocenters. The summed E-state index contributed by atoms with van der Waals surface area (Å²) in [5.74, 6) is -0.160. The van der Waals surface area contributed by atoms with Crippen LogP contribution in [0, 0.1) is 0 Å². The van der Waals surface area contributed by atoms with Gasteiger partial charge < -0.3 is 15.4 Å². The molecule has 1 saturated carbocycles. The number of rotatable bonds is 5. The van der Waals surface area contributed by atoms with Gasteiger partial charge in [0.05, 0.1) is 12.6 Å². The number of amides is 2. The minimum Gasteiger partial charge on any atom is -0.376 e. The van der Waals surface area contributed by atoms with E-state index in [1.165, 1.54) is 11.8 Å². The number of ether oxygens (including phenoxy) is 1. The number of hydrogen-bond acceptors (Lipinski definition) is 5. The maximum Gasteiger partial charge on any atom is 0.240 e. The molecule has 2 amide bonds. The molecule has 2 saturated heterocycles. The minimum atomic E-state index is -0.350. The van der Waals surface area contributed by atoms with Gasteiger partial charge in [-0.3, -0.25) is 14.6 Å². The molecule has 6 nitrogen and oxygen atoms in total. The summed E-state index contributed by atoms with van der Waals surface area (Å²) in [6.07, 6.45) is 4.64. The standard InChI is InChI=1S/C13H19N3O3S/c17-11(15-8-3-4-8)6-10-12(18)16-13(20-10)14-7-9-2-1-5-19-9/h8-10H,1-7H2,(H,15,17)(H,14,16,18)/t9-,10+/m1/s1. The fourth-order valence-corrected chi connectivity index (χ4v) is 3.25. The largest absolute Gasteiger partial charge is 0.376 e. The zero-order chi connectivity index (χ0) is 13.9. The van der Waals surface area contributed by atoms with Crippen molar-refractivity contribution in [1.82, 2.24) is 10.6 Å². The van der Waals surface area contributed by atoms with E-state index in [4.69, 9.17) is 4.74 Å². The van der Waals surface area contributed by atoms with E-state index in [1.54, 1.807) is 0 Å².